The van der Waals surface area contributed by atoms with E-state index in [4.69, 9.17) is 0 Å². The van der Waals surface area contributed by atoms with E-state index in [0.29, 0.717) is 35.4 Å². The van der Waals surface area contributed by atoms with Crippen molar-refractivity contribution < 1.29 is 22.8 Å². The van der Waals surface area contributed by atoms with E-state index in [-0.39, 0.29) is 11.8 Å². The number of hydrogen-bond acceptors (Lipinski definition) is 3. The molecule has 0 saturated carbocycles. The number of anilines is 3. The van der Waals surface area contributed by atoms with Gasteiger partial charge in [-0.25, -0.2) is 0 Å². The number of amides is 2. The summed E-state index contributed by atoms with van der Waals surface area (Å²) >= 11 is 0. The fourth-order valence-corrected chi connectivity index (χ4v) is 4.08. The minimum Gasteiger partial charge on any atom is -0.378 e. The van der Waals surface area contributed by atoms with Crippen LogP contribution in [0.4, 0.5) is 30.2 Å². The molecule has 0 aromatic heterocycles. The van der Waals surface area contributed by atoms with Gasteiger partial charge in [-0.2, -0.15) is 13.2 Å². The van der Waals surface area contributed by atoms with Crippen molar-refractivity contribution in [1.82, 2.24) is 0 Å². The van der Waals surface area contributed by atoms with Crippen LogP contribution in [0.3, 0.4) is 0 Å². The second-order valence-electron chi connectivity index (χ2n) is 8.82. The Bertz CT molecular complexity index is 1360. The second-order valence-corrected chi connectivity index (χ2v) is 8.82. The summed E-state index contributed by atoms with van der Waals surface area (Å²) < 4.78 is 39.2. The van der Waals surface area contributed by atoms with E-state index in [1.807, 2.05) is 43.3 Å². The number of carbonyl (C=O) groups excluding carboxylic acids is 2. The Morgan fingerprint density at radius 3 is 2.22 bits per heavy atom. The first-order chi connectivity index (χ1) is 17.6. The van der Waals surface area contributed by atoms with Crippen LogP contribution in [0.15, 0.2) is 85.0 Å². The zero-order valence-corrected chi connectivity index (χ0v) is 20.4. The molecule has 1 aliphatic rings. The molecule has 37 heavy (non-hydrogen) atoms. The van der Waals surface area contributed by atoms with Crippen molar-refractivity contribution in [2.24, 2.45) is 0 Å². The zero-order chi connectivity index (χ0) is 26.6. The largest absolute Gasteiger partial charge is 0.416 e. The van der Waals surface area contributed by atoms with Crippen molar-refractivity contribution in [3.63, 3.8) is 0 Å². The molecule has 0 bridgehead atoms. The lowest BCUT2D eigenvalue weighted by Gasteiger charge is -2.19. The molecular weight excluding hydrogens is 479 g/mol. The van der Waals surface area contributed by atoms with Crippen LogP contribution < -0.4 is 15.5 Å². The lowest BCUT2D eigenvalue weighted by Crippen LogP contribution is -2.21. The topological polar surface area (TPSA) is 61.4 Å². The standard InChI is InChI=1S/C29H26F3N3O2/c1-35(2)22-15-11-20(12-16-22)23(19-9-13-21(14-10-19)29(30,31)32)5-3-8-27(36)33-25-6-4-7-26-24(25)17-18-28(37)34-26/h3-16H,17-18H2,1-2H3,(H,33,36)(H,34,37)/b8-3+,23-5-. The van der Waals surface area contributed by atoms with Crippen molar-refractivity contribution in [2.75, 3.05) is 29.6 Å². The summed E-state index contributed by atoms with van der Waals surface area (Å²) in [7, 11) is 3.83. The number of rotatable bonds is 6. The predicted octanol–water partition coefficient (Wildman–Crippen LogP) is 6.28. The molecule has 4 rings (SSSR count). The van der Waals surface area contributed by atoms with Crippen LogP contribution in [-0.4, -0.2) is 25.9 Å². The zero-order valence-electron chi connectivity index (χ0n) is 20.4. The molecule has 1 aliphatic heterocycles. The number of benzene rings is 3. The molecule has 2 amide bonds. The minimum atomic E-state index is -4.42. The van der Waals surface area contributed by atoms with Gasteiger partial charge in [-0.15, -0.1) is 0 Å². The van der Waals surface area contributed by atoms with Gasteiger partial charge >= 0.3 is 6.18 Å². The Morgan fingerprint density at radius 2 is 1.59 bits per heavy atom. The maximum Gasteiger partial charge on any atom is 0.416 e. The normalized spacial score (nSPS) is 13.8. The molecule has 190 valence electrons. The monoisotopic (exact) mass is 505 g/mol. The smallest absolute Gasteiger partial charge is 0.378 e. The Hall–Kier alpha value is -4.33. The number of hydrogen-bond donors (Lipinski definition) is 2. The maximum absolute atomic E-state index is 13.1. The van der Waals surface area contributed by atoms with Gasteiger partial charge in [0.15, 0.2) is 0 Å². The Balaban J connectivity index is 1.59. The first kappa shape index (κ1) is 25.8. The highest BCUT2D eigenvalue weighted by Gasteiger charge is 2.30. The van der Waals surface area contributed by atoms with Gasteiger partial charge in [0.1, 0.15) is 0 Å². The molecule has 1 heterocycles. The molecule has 3 aromatic carbocycles. The minimum absolute atomic E-state index is 0.0598. The summed E-state index contributed by atoms with van der Waals surface area (Å²) in [5, 5.41) is 5.65. The average molecular weight is 506 g/mol. The van der Waals surface area contributed by atoms with Gasteiger partial charge in [0, 0.05) is 43.7 Å². The number of carbonyl (C=O) groups is 2. The molecule has 2 N–H and O–H groups in total. The summed E-state index contributed by atoms with van der Waals surface area (Å²) in [6, 6.07) is 17.9. The van der Waals surface area contributed by atoms with E-state index in [1.165, 1.54) is 18.2 Å². The highest BCUT2D eigenvalue weighted by molar-refractivity contribution is 6.02. The van der Waals surface area contributed by atoms with E-state index < -0.39 is 11.7 Å². The number of alkyl halides is 3. The van der Waals surface area contributed by atoms with Crippen molar-refractivity contribution in [3.8, 4) is 0 Å². The van der Waals surface area contributed by atoms with Crippen molar-refractivity contribution in [2.45, 2.75) is 19.0 Å². The summed E-state index contributed by atoms with van der Waals surface area (Å²) in [6.07, 6.45) is 1.09. The number of allylic oxidation sites excluding steroid dienone is 2. The molecule has 0 unspecified atom stereocenters. The second kappa shape index (κ2) is 10.7. The van der Waals surface area contributed by atoms with Gasteiger partial charge in [-0.3, -0.25) is 9.59 Å². The van der Waals surface area contributed by atoms with E-state index in [9.17, 15) is 22.8 Å². The van der Waals surface area contributed by atoms with Crippen molar-refractivity contribution in [3.05, 3.63) is 107 Å². The Morgan fingerprint density at radius 1 is 0.946 bits per heavy atom. The molecule has 5 nitrogen and oxygen atoms in total. The molecule has 3 aromatic rings. The van der Waals surface area contributed by atoms with Crippen molar-refractivity contribution >= 4 is 34.4 Å². The third-order valence-electron chi connectivity index (χ3n) is 6.04. The van der Waals surface area contributed by atoms with Crippen molar-refractivity contribution in [1.29, 1.82) is 0 Å². The van der Waals surface area contributed by atoms with Crippen LogP contribution in [0.2, 0.25) is 0 Å². The van der Waals surface area contributed by atoms with E-state index in [1.54, 1.807) is 30.4 Å². The van der Waals surface area contributed by atoms with E-state index in [2.05, 4.69) is 10.6 Å². The van der Waals surface area contributed by atoms with Crippen LogP contribution in [0.1, 0.15) is 28.7 Å². The first-order valence-electron chi connectivity index (χ1n) is 11.7. The van der Waals surface area contributed by atoms with E-state index in [0.717, 1.165) is 28.9 Å². The SMILES string of the molecule is CN(C)c1ccc(/C(=C\C=C\C(=O)Nc2cccc3c2CCC(=O)N3)c2ccc(C(F)(F)F)cc2)cc1. The number of nitrogens with one attached hydrogen (secondary N) is 2. The summed E-state index contributed by atoms with van der Waals surface area (Å²) in [5.41, 5.74) is 4.48. The van der Waals surface area contributed by atoms with Gasteiger partial charge < -0.3 is 15.5 Å². The number of fused-ring (bicyclic) bond motifs is 1. The number of nitrogens with zero attached hydrogens (tertiary/aromatic N) is 1. The third-order valence-corrected chi connectivity index (χ3v) is 6.04. The fraction of sp³-hybridized carbons (Fsp3) is 0.172. The predicted molar refractivity (Wildman–Crippen MR) is 140 cm³/mol. The van der Waals surface area contributed by atoms with E-state index >= 15 is 0 Å². The van der Waals surface area contributed by atoms with Gasteiger partial charge in [-0.1, -0.05) is 42.5 Å². The quantitative estimate of drug-likeness (QED) is 0.306. The summed E-state index contributed by atoms with van der Waals surface area (Å²) in [6.45, 7) is 0. The summed E-state index contributed by atoms with van der Waals surface area (Å²) in [4.78, 5) is 26.2. The van der Waals surface area contributed by atoms with Gasteiger partial charge in [0.2, 0.25) is 11.8 Å². The van der Waals surface area contributed by atoms with Crippen LogP contribution in [0, 0.1) is 0 Å². The average Bonchev–Trinajstić information content (AvgIpc) is 2.86. The molecular formula is C29H26F3N3O2. The molecule has 0 fully saturated rings. The summed E-state index contributed by atoms with van der Waals surface area (Å²) in [5.74, 6) is -0.424. The van der Waals surface area contributed by atoms with Crippen LogP contribution in [0.25, 0.3) is 5.57 Å². The molecule has 0 radical (unpaired) electrons. The first-order valence-corrected chi connectivity index (χ1v) is 11.7. The molecule has 0 atom stereocenters. The van der Waals surface area contributed by atoms with Gasteiger partial charge in [0.05, 0.1) is 5.56 Å². The van der Waals surface area contributed by atoms with Gasteiger partial charge in [-0.05, 0) is 65.1 Å². The highest BCUT2D eigenvalue weighted by Crippen LogP contribution is 2.32. The molecule has 0 aliphatic carbocycles. The Labute approximate surface area is 213 Å². The van der Waals surface area contributed by atoms with Crippen LogP contribution in [0.5, 0.6) is 0 Å². The maximum atomic E-state index is 13.1. The fourth-order valence-electron chi connectivity index (χ4n) is 4.08. The molecule has 8 heteroatoms. The lowest BCUT2D eigenvalue weighted by molar-refractivity contribution is -0.137. The van der Waals surface area contributed by atoms with Crippen LogP contribution >= 0.6 is 0 Å². The third kappa shape index (κ3) is 6.27. The van der Waals surface area contributed by atoms with Crippen LogP contribution in [-0.2, 0) is 22.2 Å². The molecule has 0 saturated heterocycles. The highest BCUT2D eigenvalue weighted by atomic mass is 19.4. The number of halogens is 3. The Kier molecular flexibility index (Phi) is 7.47. The van der Waals surface area contributed by atoms with Gasteiger partial charge in [0.25, 0.3) is 0 Å². The molecule has 0 spiro atoms. The lowest BCUT2D eigenvalue weighted by atomic mass is 9.96.